The van der Waals surface area contributed by atoms with Gasteiger partial charge in [-0.05, 0) is 64.2 Å². The number of rotatable bonds is 13. The zero-order valence-corrected chi connectivity index (χ0v) is 24.6. The van der Waals surface area contributed by atoms with Gasteiger partial charge in [0, 0.05) is 44.2 Å². The van der Waals surface area contributed by atoms with Crippen LogP contribution in [0.15, 0.2) is 16.6 Å². The van der Waals surface area contributed by atoms with Crippen molar-refractivity contribution in [3.05, 3.63) is 16.6 Å². The highest BCUT2D eigenvalue weighted by Gasteiger charge is 2.31. The summed E-state index contributed by atoms with van der Waals surface area (Å²) in [5.74, 6) is -0.224. The molecule has 2 aliphatic rings. The van der Waals surface area contributed by atoms with Gasteiger partial charge in [-0.15, -0.1) is 11.3 Å². The third kappa shape index (κ3) is 10.4. The number of aliphatic imine (C=N–C) groups is 1. The number of ketones is 1. The third-order valence-electron chi connectivity index (χ3n) is 7.56. The van der Waals surface area contributed by atoms with Crippen LogP contribution in [0.2, 0.25) is 0 Å². The molecule has 1 aromatic rings. The van der Waals surface area contributed by atoms with Crippen molar-refractivity contribution in [3.8, 4) is 0 Å². The zero-order valence-electron chi connectivity index (χ0n) is 23.8. The second-order valence-electron chi connectivity index (χ2n) is 10.7. The van der Waals surface area contributed by atoms with E-state index in [0.29, 0.717) is 55.5 Å². The quantitative estimate of drug-likeness (QED) is 0.0964. The summed E-state index contributed by atoms with van der Waals surface area (Å²) in [5.41, 5.74) is 10.7. The lowest BCUT2D eigenvalue weighted by Crippen LogP contribution is -2.51. The van der Waals surface area contributed by atoms with Crippen molar-refractivity contribution in [2.24, 2.45) is 22.4 Å². The Morgan fingerprint density at radius 1 is 1.17 bits per heavy atom. The topological polar surface area (TPSA) is 200 Å². The first-order valence-electron chi connectivity index (χ1n) is 14.3. The number of thiazole rings is 1. The molecular weight excluding hydrogens is 546 g/mol. The number of piperidine rings is 1. The van der Waals surface area contributed by atoms with Crippen LogP contribution in [0.4, 0.5) is 0 Å². The molecule has 0 saturated carbocycles. The standard InChI is InChI=1S/C27H43N9O4S/c1-18(28)35-14-9-19(10-15-35)7-8-22(37)34-21-5-2-3-13-36(26(21)40)17-23(38)33-20(6-4-11-32-27(29)30)24(39)25-31-12-16-41-25/h12,16,19-21,28H,2-11,13-15,17H2,1H3,(H,33,38)(H,34,37)(H4,29,30,32)/t20-,21-/m0/s1. The number of guanidine groups is 1. The predicted molar refractivity (Wildman–Crippen MR) is 158 cm³/mol. The first-order valence-corrected chi connectivity index (χ1v) is 15.2. The van der Waals surface area contributed by atoms with Gasteiger partial charge in [0.25, 0.3) is 0 Å². The molecule has 2 aliphatic heterocycles. The molecule has 0 radical (unpaired) electrons. The molecule has 7 N–H and O–H groups in total. The van der Waals surface area contributed by atoms with Gasteiger partial charge in [0.05, 0.1) is 18.4 Å². The minimum Gasteiger partial charge on any atom is -0.370 e. The van der Waals surface area contributed by atoms with E-state index in [1.165, 1.54) is 22.4 Å². The maximum absolute atomic E-state index is 13.3. The molecule has 1 aromatic heterocycles. The molecule has 0 spiro atoms. The van der Waals surface area contributed by atoms with Gasteiger partial charge in [-0.1, -0.05) is 0 Å². The van der Waals surface area contributed by atoms with Crippen LogP contribution < -0.4 is 22.1 Å². The van der Waals surface area contributed by atoms with Gasteiger partial charge in [0.1, 0.15) is 6.04 Å². The predicted octanol–water partition coefficient (Wildman–Crippen LogP) is 0.851. The van der Waals surface area contributed by atoms with Crippen LogP contribution >= 0.6 is 11.3 Å². The minimum atomic E-state index is -0.824. The maximum atomic E-state index is 13.3. The van der Waals surface area contributed by atoms with Crippen LogP contribution in [0.1, 0.15) is 74.5 Å². The number of likely N-dealkylation sites (tertiary alicyclic amines) is 2. The maximum Gasteiger partial charge on any atom is 0.245 e. The van der Waals surface area contributed by atoms with E-state index in [0.717, 1.165) is 45.2 Å². The van der Waals surface area contributed by atoms with Crippen molar-refractivity contribution in [3.63, 3.8) is 0 Å². The number of Topliss-reactive ketones (excluding diaryl/α,β-unsaturated/α-hetero) is 1. The van der Waals surface area contributed by atoms with Gasteiger partial charge in [-0.25, -0.2) is 4.98 Å². The molecule has 0 bridgehead atoms. The Morgan fingerprint density at radius 3 is 2.59 bits per heavy atom. The van der Waals surface area contributed by atoms with E-state index in [-0.39, 0.29) is 30.1 Å². The fraction of sp³-hybridized carbons (Fsp3) is 0.667. The number of nitrogens with zero attached hydrogens (tertiary/aromatic N) is 4. The zero-order chi connectivity index (χ0) is 29.8. The van der Waals surface area contributed by atoms with Gasteiger partial charge < -0.3 is 31.9 Å². The van der Waals surface area contributed by atoms with Crippen molar-refractivity contribution in [1.29, 1.82) is 5.41 Å². The Bertz CT molecular complexity index is 1080. The van der Waals surface area contributed by atoms with E-state index in [1.807, 2.05) is 0 Å². The molecule has 3 rings (SSSR count). The second kappa shape index (κ2) is 16.0. The number of carbonyl (C=O) groups is 4. The number of amides is 3. The van der Waals surface area contributed by atoms with Crippen molar-refractivity contribution in [1.82, 2.24) is 25.4 Å². The number of hydrogen-bond acceptors (Lipinski definition) is 8. The Kier molecular flexibility index (Phi) is 12.5. The molecule has 14 heteroatoms. The Morgan fingerprint density at radius 2 is 1.93 bits per heavy atom. The first kappa shape index (κ1) is 32.0. The molecular formula is C27H43N9O4S. The highest BCUT2D eigenvalue weighted by molar-refractivity contribution is 7.11. The molecule has 0 aromatic carbocycles. The van der Waals surface area contributed by atoms with E-state index in [9.17, 15) is 19.2 Å². The summed E-state index contributed by atoms with van der Waals surface area (Å²) in [6.07, 6.45) is 7.32. The smallest absolute Gasteiger partial charge is 0.245 e. The van der Waals surface area contributed by atoms with Gasteiger partial charge in [-0.2, -0.15) is 0 Å². The summed E-state index contributed by atoms with van der Waals surface area (Å²) in [4.78, 5) is 63.6. The number of carbonyl (C=O) groups excluding carboxylic acids is 4. The highest BCUT2D eigenvalue weighted by atomic mass is 32.1. The van der Waals surface area contributed by atoms with E-state index < -0.39 is 18.0 Å². The molecule has 0 aliphatic carbocycles. The fourth-order valence-electron chi connectivity index (χ4n) is 5.23. The van der Waals surface area contributed by atoms with Crippen molar-refractivity contribution < 1.29 is 19.2 Å². The second-order valence-corrected chi connectivity index (χ2v) is 11.6. The number of hydrogen-bond donors (Lipinski definition) is 5. The van der Waals surface area contributed by atoms with E-state index in [2.05, 4.69) is 25.5 Å². The van der Waals surface area contributed by atoms with E-state index in [4.69, 9.17) is 16.9 Å². The summed E-state index contributed by atoms with van der Waals surface area (Å²) < 4.78 is 0. The average Bonchev–Trinajstić information content (AvgIpc) is 3.43. The lowest BCUT2D eigenvalue weighted by Gasteiger charge is -2.32. The van der Waals surface area contributed by atoms with Gasteiger partial charge in [0.15, 0.2) is 11.0 Å². The highest BCUT2D eigenvalue weighted by Crippen LogP contribution is 2.22. The van der Waals surface area contributed by atoms with Crippen molar-refractivity contribution >= 4 is 46.6 Å². The summed E-state index contributed by atoms with van der Waals surface area (Å²) >= 11 is 1.19. The largest absolute Gasteiger partial charge is 0.370 e. The Labute approximate surface area is 245 Å². The summed E-state index contributed by atoms with van der Waals surface area (Å²) in [7, 11) is 0. The minimum absolute atomic E-state index is 0.0439. The van der Waals surface area contributed by atoms with Crippen molar-refractivity contribution in [2.45, 2.75) is 76.8 Å². The first-order chi connectivity index (χ1) is 19.6. The molecule has 13 nitrogen and oxygen atoms in total. The van der Waals surface area contributed by atoms with Crippen LogP contribution in [0.3, 0.4) is 0 Å². The monoisotopic (exact) mass is 589 g/mol. The van der Waals surface area contributed by atoms with Gasteiger partial charge in [0.2, 0.25) is 23.5 Å². The van der Waals surface area contributed by atoms with Crippen LogP contribution in [0.25, 0.3) is 0 Å². The fourth-order valence-corrected chi connectivity index (χ4v) is 5.87. The molecule has 0 unspecified atom stereocenters. The lowest BCUT2D eigenvalue weighted by molar-refractivity contribution is -0.139. The molecule has 2 saturated heterocycles. The molecule has 3 amide bonds. The number of amidine groups is 1. The number of aromatic nitrogens is 1. The van der Waals surface area contributed by atoms with Crippen LogP contribution in [-0.2, 0) is 14.4 Å². The summed E-state index contributed by atoms with van der Waals surface area (Å²) in [6.45, 7) is 3.99. The molecule has 2 fully saturated rings. The molecule has 41 heavy (non-hydrogen) atoms. The van der Waals surface area contributed by atoms with Crippen LogP contribution in [0, 0.1) is 11.3 Å². The molecule has 2 atom stereocenters. The van der Waals surface area contributed by atoms with Gasteiger partial charge >= 0.3 is 0 Å². The number of nitrogens with one attached hydrogen (secondary N) is 3. The lowest BCUT2D eigenvalue weighted by atomic mass is 9.92. The van der Waals surface area contributed by atoms with E-state index >= 15 is 0 Å². The Hall–Kier alpha value is -3.55. The van der Waals surface area contributed by atoms with Crippen LogP contribution in [0.5, 0.6) is 0 Å². The average molecular weight is 590 g/mol. The van der Waals surface area contributed by atoms with Crippen molar-refractivity contribution in [2.75, 3.05) is 32.7 Å². The van der Waals surface area contributed by atoms with Crippen LogP contribution in [-0.4, -0.2) is 94.9 Å². The molecule has 3 heterocycles. The Balaban J connectivity index is 1.51. The third-order valence-corrected chi connectivity index (χ3v) is 8.35. The SMILES string of the molecule is CC(=N)N1CCC(CCC(=O)N[C@H]2CCCCN(CC(=O)N[C@@H](CCCN=C(N)N)C(=O)c3nccs3)C2=O)CC1. The normalized spacial score (nSPS) is 18.8. The summed E-state index contributed by atoms with van der Waals surface area (Å²) in [5, 5.41) is 15.4. The number of nitrogens with two attached hydrogens (primary N) is 2. The molecule has 226 valence electrons. The summed E-state index contributed by atoms with van der Waals surface area (Å²) in [6, 6.07) is -1.50. The van der Waals surface area contributed by atoms with Gasteiger partial charge in [-0.3, -0.25) is 29.6 Å². The van der Waals surface area contributed by atoms with E-state index in [1.54, 1.807) is 12.3 Å².